The molecule has 3 aliphatic heterocycles. The van der Waals surface area contributed by atoms with Gasteiger partial charge in [0.25, 0.3) is 5.91 Å². The molecule has 1 saturated heterocycles. The van der Waals surface area contributed by atoms with Crippen LogP contribution in [0.2, 0.25) is 0 Å². The summed E-state index contributed by atoms with van der Waals surface area (Å²) in [6, 6.07) is 3.76. The first-order valence-corrected chi connectivity index (χ1v) is 20.5. The lowest BCUT2D eigenvalue weighted by molar-refractivity contribution is -0.142. The molecule has 1 aromatic rings. The highest BCUT2D eigenvalue weighted by Crippen LogP contribution is 2.45. The SMILES string of the molecule is C=C[C@@H]1C[C@]1(NC(=O)[C@@H]1C[C@@H]2CN1C(=O)[C@H](C1CCCCC1)NC(=O)OCCCCC=Cc1cccc3c1CN(C3)C(=O)O2)C(=O)NS(=O)(=O)C1CC1. The molecule has 14 nitrogen and oxygen atoms in total. The van der Waals surface area contributed by atoms with E-state index in [0.29, 0.717) is 45.2 Å². The summed E-state index contributed by atoms with van der Waals surface area (Å²) in [4.78, 5) is 72.1. The Bertz CT molecular complexity index is 1790. The quantitative estimate of drug-likeness (QED) is 0.351. The highest BCUT2D eigenvalue weighted by atomic mass is 32.2. The van der Waals surface area contributed by atoms with Crippen molar-refractivity contribution < 1.29 is 41.9 Å². The molecule has 4 fully saturated rings. The summed E-state index contributed by atoms with van der Waals surface area (Å²) < 4.78 is 39.1. The zero-order valence-corrected chi connectivity index (χ0v) is 30.7. The van der Waals surface area contributed by atoms with Gasteiger partial charge in [0.15, 0.2) is 0 Å². The molecule has 0 radical (unpaired) electrons. The summed E-state index contributed by atoms with van der Waals surface area (Å²) >= 11 is 0. The third kappa shape index (κ3) is 7.95. The van der Waals surface area contributed by atoms with Gasteiger partial charge < -0.3 is 25.0 Å². The molecule has 7 rings (SSSR count). The number of alkyl carbamates (subject to hydrolysis) is 1. The molecule has 0 aromatic heterocycles. The average Bonchev–Trinajstić information content (AvgIpc) is 4.04. The number of hydrogen-bond donors (Lipinski definition) is 3. The van der Waals surface area contributed by atoms with Gasteiger partial charge in [-0.3, -0.25) is 24.0 Å². The summed E-state index contributed by atoms with van der Waals surface area (Å²) in [5.41, 5.74) is 1.48. The molecule has 4 bridgehead atoms. The van der Waals surface area contributed by atoms with E-state index < -0.39 is 74.8 Å². The van der Waals surface area contributed by atoms with Crippen LogP contribution in [0.25, 0.3) is 6.08 Å². The molecule has 3 heterocycles. The summed E-state index contributed by atoms with van der Waals surface area (Å²) in [6.07, 6.45) is 10.8. The molecule has 3 N–H and O–H groups in total. The Morgan fingerprint density at radius 1 is 1.02 bits per heavy atom. The summed E-state index contributed by atoms with van der Waals surface area (Å²) in [5, 5.41) is 4.95. The lowest BCUT2D eigenvalue weighted by Gasteiger charge is -2.34. The van der Waals surface area contributed by atoms with Crippen LogP contribution in [0, 0.1) is 11.8 Å². The van der Waals surface area contributed by atoms with Crippen molar-refractivity contribution in [3.63, 3.8) is 0 Å². The van der Waals surface area contributed by atoms with Crippen LogP contribution < -0.4 is 15.4 Å². The second kappa shape index (κ2) is 15.2. The van der Waals surface area contributed by atoms with Crippen LogP contribution in [0.15, 0.2) is 36.9 Å². The second-order valence-electron chi connectivity index (χ2n) is 15.3. The smallest absolute Gasteiger partial charge is 0.410 e. The van der Waals surface area contributed by atoms with Crippen molar-refractivity contribution in [3.05, 3.63) is 53.6 Å². The molecule has 0 spiro atoms. The number of nitrogens with zero attached hydrogens (tertiary/aromatic N) is 2. The van der Waals surface area contributed by atoms with Crippen LogP contribution in [0.3, 0.4) is 0 Å². The van der Waals surface area contributed by atoms with Crippen molar-refractivity contribution in [2.24, 2.45) is 11.8 Å². The number of benzene rings is 1. The number of cyclic esters (lactones) is 1. The first kappa shape index (κ1) is 36.9. The van der Waals surface area contributed by atoms with Gasteiger partial charge in [-0.25, -0.2) is 18.0 Å². The number of ether oxygens (including phenoxy) is 2. The van der Waals surface area contributed by atoms with Crippen molar-refractivity contribution in [1.29, 1.82) is 0 Å². The monoisotopic (exact) mass is 751 g/mol. The van der Waals surface area contributed by atoms with Gasteiger partial charge >= 0.3 is 12.2 Å². The maximum Gasteiger partial charge on any atom is 0.410 e. The number of carbonyl (C=O) groups excluding carboxylic acids is 5. The fraction of sp³-hybridized carbons (Fsp3) is 0.605. The first-order valence-electron chi connectivity index (χ1n) is 19.0. The van der Waals surface area contributed by atoms with Crippen molar-refractivity contribution in [1.82, 2.24) is 25.2 Å². The van der Waals surface area contributed by atoms with Gasteiger partial charge in [0, 0.05) is 18.9 Å². The Hall–Kier alpha value is -4.40. The fourth-order valence-corrected chi connectivity index (χ4v) is 9.64. The molecule has 3 saturated carbocycles. The molecular formula is C38H49N5O9S. The fourth-order valence-electron chi connectivity index (χ4n) is 8.28. The van der Waals surface area contributed by atoms with Crippen molar-refractivity contribution >= 4 is 46.0 Å². The summed E-state index contributed by atoms with van der Waals surface area (Å²) in [6.45, 7) is 4.54. The minimum Gasteiger partial charge on any atom is -0.450 e. The molecule has 5 amide bonds. The molecule has 15 heteroatoms. The van der Waals surface area contributed by atoms with Crippen LogP contribution in [0.1, 0.15) is 93.7 Å². The zero-order valence-electron chi connectivity index (χ0n) is 29.9. The molecular weight excluding hydrogens is 703 g/mol. The van der Waals surface area contributed by atoms with Crippen molar-refractivity contribution in [3.8, 4) is 0 Å². The van der Waals surface area contributed by atoms with E-state index in [1.54, 1.807) is 4.90 Å². The van der Waals surface area contributed by atoms with Crippen LogP contribution in [0.4, 0.5) is 9.59 Å². The van der Waals surface area contributed by atoms with E-state index in [2.05, 4.69) is 28.0 Å². The zero-order chi connectivity index (χ0) is 37.3. The van der Waals surface area contributed by atoms with Crippen LogP contribution in [-0.4, -0.2) is 90.3 Å². The van der Waals surface area contributed by atoms with E-state index >= 15 is 0 Å². The Kier molecular flexibility index (Phi) is 10.6. The molecule has 3 aliphatic carbocycles. The Balaban J connectivity index is 1.16. The highest BCUT2D eigenvalue weighted by molar-refractivity contribution is 7.91. The third-order valence-electron chi connectivity index (χ3n) is 11.6. The van der Waals surface area contributed by atoms with Gasteiger partial charge in [0.1, 0.15) is 23.7 Å². The minimum absolute atomic E-state index is 0.0588. The normalized spacial score (nSPS) is 29.8. The molecule has 53 heavy (non-hydrogen) atoms. The van der Waals surface area contributed by atoms with E-state index in [0.717, 1.165) is 48.8 Å². The maximum absolute atomic E-state index is 14.6. The number of fused-ring (bicyclic) bond motifs is 3. The number of amides is 5. The van der Waals surface area contributed by atoms with Gasteiger partial charge in [-0.15, -0.1) is 6.58 Å². The van der Waals surface area contributed by atoms with Crippen LogP contribution in [0.5, 0.6) is 0 Å². The van der Waals surface area contributed by atoms with E-state index in [1.165, 1.54) is 11.0 Å². The van der Waals surface area contributed by atoms with Gasteiger partial charge in [0.05, 0.1) is 24.9 Å². The van der Waals surface area contributed by atoms with E-state index in [9.17, 15) is 32.4 Å². The number of rotatable bonds is 7. The van der Waals surface area contributed by atoms with Gasteiger partial charge in [-0.05, 0) is 74.0 Å². The number of hydrogen-bond acceptors (Lipinski definition) is 9. The second-order valence-corrected chi connectivity index (χ2v) is 17.3. The van der Waals surface area contributed by atoms with Crippen molar-refractivity contribution in [2.45, 2.75) is 119 Å². The van der Waals surface area contributed by atoms with Gasteiger partial charge in [-0.2, -0.15) is 0 Å². The minimum atomic E-state index is -3.90. The highest BCUT2D eigenvalue weighted by Gasteiger charge is 2.62. The lowest BCUT2D eigenvalue weighted by atomic mass is 9.83. The van der Waals surface area contributed by atoms with E-state index in [1.807, 2.05) is 24.3 Å². The third-order valence-corrected chi connectivity index (χ3v) is 13.4. The Morgan fingerprint density at radius 3 is 2.55 bits per heavy atom. The predicted octanol–water partition coefficient (Wildman–Crippen LogP) is 3.65. The van der Waals surface area contributed by atoms with Gasteiger partial charge in [-0.1, -0.05) is 55.7 Å². The molecule has 1 aromatic carbocycles. The van der Waals surface area contributed by atoms with Crippen molar-refractivity contribution in [2.75, 3.05) is 13.2 Å². The van der Waals surface area contributed by atoms with E-state index in [-0.39, 0.29) is 31.9 Å². The predicted molar refractivity (Wildman–Crippen MR) is 193 cm³/mol. The lowest BCUT2D eigenvalue weighted by Crippen LogP contribution is -2.59. The maximum atomic E-state index is 14.6. The Morgan fingerprint density at radius 2 is 1.81 bits per heavy atom. The molecule has 6 aliphatic rings. The number of sulfonamides is 1. The number of nitrogens with one attached hydrogen (secondary N) is 3. The first-order chi connectivity index (χ1) is 25.5. The summed E-state index contributed by atoms with van der Waals surface area (Å²) in [5.74, 6) is -2.77. The molecule has 5 atom stereocenters. The number of allylic oxidation sites excluding steroid dienone is 1. The Labute approximate surface area is 310 Å². The topological polar surface area (TPSA) is 181 Å². The van der Waals surface area contributed by atoms with Crippen LogP contribution in [-0.2, 0) is 47.0 Å². The number of carbonyl (C=O) groups is 5. The summed E-state index contributed by atoms with van der Waals surface area (Å²) in [7, 11) is -3.90. The van der Waals surface area contributed by atoms with Gasteiger partial charge in [0.2, 0.25) is 21.8 Å². The van der Waals surface area contributed by atoms with E-state index in [4.69, 9.17) is 9.47 Å². The standard InChI is InChI=1S/C38H49N5O9S/c1-2-27-20-38(27,35(46)41-53(49,50)29-16-17-29)40-33(44)31-19-28-22-43(31)34(45)32(25-12-7-5-8-13-25)39-36(47)51-18-9-4-3-6-11-24-14-10-15-26-21-42(23-30(24)26)37(48)52-28/h2,6,10-11,14-15,25,27-29,31-32H,1,3-5,7-9,12-13,16-23H2,(H,39,47)(H,40,44)(H,41,46)/t27-,28-,31+,32+,38-/m1/s1. The molecule has 0 unspecified atom stereocenters. The molecule has 286 valence electrons. The average molecular weight is 752 g/mol. The van der Waals surface area contributed by atoms with Crippen LogP contribution >= 0.6 is 0 Å². The largest absolute Gasteiger partial charge is 0.450 e.